The fourth-order valence-electron chi connectivity index (χ4n) is 1.69. The van der Waals surface area contributed by atoms with Gasteiger partial charge in [-0.15, -0.1) is 0 Å². The molecule has 0 rings (SSSR count). The lowest BCUT2D eigenvalue weighted by Crippen LogP contribution is -2.22. The third-order valence-electron chi connectivity index (χ3n) is 1.85. The van der Waals surface area contributed by atoms with E-state index in [1.165, 1.54) is 5.57 Å². The monoisotopic (exact) mass is 168 g/mol. The van der Waals surface area contributed by atoms with Crippen LogP contribution in [0.25, 0.3) is 0 Å². The second kappa shape index (κ2) is 3.42. The zero-order valence-corrected chi connectivity index (χ0v) is 9.06. The molecule has 0 aromatic heterocycles. The van der Waals surface area contributed by atoms with Crippen LogP contribution in [0.2, 0.25) is 0 Å². The van der Waals surface area contributed by atoms with Crippen molar-refractivity contribution >= 4 is 6.29 Å². The number of hydrogen-bond donors (Lipinski definition) is 0. The molecule has 0 saturated heterocycles. The van der Waals surface area contributed by atoms with Crippen molar-refractivity contribution in [2.75, 3.05) is 0 Å². The van der Waals surface area contributed by atoms with Gasteiger partial charge in [0.25, 0.3) is 0 Å². The van der Waals surface area contributed by atoms with E-state index in [4.69, 9.17) is 0 Å². The summed E-state index contributed by atoms with van der Waals surface area (Å²) in [5.74, 6) is 0. The van der Waals surface area contributed by atoms with E-state index in [1.807, 2.05) is 0 Å². The van der Waals surface area contributed by atoms with Crippen LogP contribution in [0.3, 0.4) is 0 Å². The van der Waals surface area contributed by atoms with Crippen LogP contribution in [-0.4, -0.2) is 6.29 Å². The lowest BCUT2D eigenvalue weighted by Gasteiger charge is -2.33. The molecular formula is C11H20O. The Morgan fingerprint density at radius 1 is 0.917 bits per heavy atom. The Kier molecular flexibility index (Phi) is 3.25. The molecule has 0 aliphatic heterocycles. The summed E-state index contributed by atoms with van der Waals surface area (Å²) < 4.78 is 0. The van der Waals surface area contributed by atoms with E-state index in [-0.39, 0.29) is 10.8 Å². The molecule has 1 nitrogen and oxygen atoms in total. The summed E-state index contributed by atoms with van der Waals surface area (Å²) in [4.78, 5) is 10.4. The molecule has 0 aliphatic rings. The van der Waals surface area contributed by atoms with Crippen LogP contribution >= 0.6 is 0 Å². The number of allylic oxidation sites excluding steroid dienone is 2. The fourth-order valence-corrected chi connectivity index (χ4v) is 1.69. The normalized spacial score (nSPS) is 12.5. The first-order valence-electron chi connectivity index (χ1n) is 4.36. The van der Waals surface area contributed by atoms with Crippen molar-refractivity contribution < 1.29 is 4.79 Å². The Balaban J connectivity index is 4.95. The van der Waals surface area contributed by atoms with Crippen LogP contribution in [0.1, 0.15) is 41.5 Å². The molecule has 0 saturated carbocycles. The Hall–Kier alpha value is -0.590. The molecule has 0 aliphatic carbocycles. The summed E-state index contributed by atoms with van der Waals surface area (Å²) in [7, 11) is 0. The van der Waals surface area contributed by atoms with Crippen molar-refractivity contribution in [2.45, 2.75) is 41.5 Å². The standard InChI is InChI=1S/C11H20O/c1-10(2,3)9(7-8-12)11(4,5)6/h7-8H,1-6H3. The Morgan fingerprint density at radius 2 is 1.25 bits per heavy atom. The first kappa shape index (κ1) is 11.4. The number of hydrogen-bond acceptors (Lipinski definition) is 1. The van der Waals surface area contributed by atoms with Gasteiger partial charge in [0.1, 0.15) is 6.29 Å². The average molecular weight is 168 g/mol. The van der Waals surface area contributed by atoms with Crippen molar-refractivity contribution in [3.8, 4) is 0 Å². The fraction of sp³-hybridized carbons (Fsp3) is 0.727. The van der Waals surface area contributed by atoms with E-state index in [2.05, 4.69) is 41.5 Å². The molecule has 12 heavy (non-hydrogen) atoms. The number of carbonyl (C=O) groups is 1. The maximum Gasteiger partial charge on any atom is 0.142 e. The third kappa shape index (κ3) is 3.21. The first-order valence-corrected chi connectivity index (χ1v) is 4.36. The van der Waals surface area contributed by atoms with Gasteiger partial charge in [-0.2, -0.15) is 0 Å². The van der Waals surface area contributed by atoms with Crippen LogP contribution < -0.4 is 0 Å². The molecular weight excluding hydrogens is 148 g/mol. The summed E-state index contributed by atoms with van der Waals surface area (Å²) in [5.41, 5.74) is 1.36. The summed E-state index contributed by atoms with van der Waals surface area (Å²) in [6.07, 6.45) is 2.58. The van der Waals surface area contributed by atoms with Crippen molar-refractivity contribution in [3.63, 3.8) is 0 Å². The maximum atomic E-state index is 10.4. The SMILES string of the molecule is CC(C)(C)C(=CC=O)C(C)(C)C. The van der Waals surface area contributed by atoms with E-state index in [1.54, 1.807) is 6.08 Å². The van der Waals surface area contributed by atoms with Gasteiger partial charge in [0, 0.05) is 0 Å². The molecule has 0 aromatic rings. The molecule has 0 heterocycles. The highest BCUT2D eigenvalue weighted by atomic mass is 16.1. The van der Waals surface area contributed by atoms with E-state index >= 15 is 0 Å². The van der Waals surface area contributed by atoms with E-state index in [0.29, 0.717) is 0 Å². The van der Waals surface area contributed by atoms with Crippen LogP contribution in [-0.2, 0) is 4.79 Å². The van der Waals surface area contributed by atoms with Crippen LogP contribution in [0.4, 0.5) is 0 Å². The van der Waals surface area contributed by atoms with Gasteiger partial charge in [-0.05, 0) is 16.9 Å². The molecule has 0 spiro atoms. The van der Waals surface area contributed by atoms with Crippen LogP contribution in [0.15, 0.2) is 11.6 Å². The highest BCUT2D eigenvalue weighted by molar-refractivity contribution is 5.67. The molecule has 0 N–H and O–H groups in total. The molecule has 0 bridgehead atoms. The molecule has 0 atom stereocenters. The summed E-state index contributed by atoms with van der Waals surface area (Å²) >= 11 is 0. The molecule has 0 aromatic carbocycles. The summed E-state index contributed by atoms with van der Waals surface area (Å²) in [6.45, 7) is 12.8. The van der Waals surface area contributed by atoms with Gasteiger partial charge in [0.15, 0.2) is 0 Å². The van der Waals surface area contributed by atoms with E-state index in [9.17, 15) is 4.79 Å². The largest absolute Gasteiger partial charge is 0.299 e. The van der Waals surface area contributed by atoms with E-state index < -0.39 is 0 Å². The van der Waals surface area contributed by atoms with Crippen LogP contribution in [0, 0.1) is 10.8 Å². The third-order valence-corrected chi connectivity index (χ3v) is 1.85. The van der Waals surface area contributed by atoms with Gasteiger partial charge in [-0.1, -0.05) is 47.1 Å². The zero-order chi connectivity index (χ0) is 9.99. The minimum atomic E-state index is 0.0825. The molecule has 0 fully saturated rings. The highest BCUT2D eigenvalue weighted by Gasteiger charge is 2.27. The highest BCUT2D eigenvalue weighted by Crippen LogP contribution is 2.38. The second-order valence-corrected chi connectivity index (χ2v) is 5.22. The van der Waals surface area contributed by atoms with Gasteiger partial charge < -0.3 is 0 Å². The zero-order valence-electron chi connectivity index (χ0n) is 9.06. The average Bonchev–Trinajstić information content (AvgIpc) is 1.77. The smallest absolute Gasteiger partial charge is 0.142 e. The van der Waals surface area contributed by atoms with Gasteiger partial charge in [0.05, 0.1) is 0 Å². The molecule has 1 heteroatoms. The number of rotatable bonds is 1. The quantitative estimate of drug-likeness (QED) is 0.434. The Morgan fingerprint density at radius 3 is 1.33 bits per heavy atom. The molecule has 70 valence electrons. The van der Waals surface area contributed by atoms with Crippen molar-refractivity contribution in [1.29, 1.82) is 0 Å². The minimum Gasteiger partial charge on any atom is -0.299 e. The minimum absolute atomic E-state index is 0.0825. The number of carbonyl (C=O) groups excluding carboxylic acids is 1. The Labute approximate surface area is 75.9 Å². The predicted molar refractivity (Wildman–Crippen MR) is 53.1 cm³/mol. The molecule has 0 radical (unpaired) electrons. The van der Waals surface area contributed by atoms with Gasteiger partial charge in [-0.3, -0.25) is 4.79 Å². The number of aldehydes is 1. The van der Waals surface area contributed by atoms with Gasteiger partial charge in [0.2, 0.25) is 0 Å². The summed E-state index contributed by atoms with van der Waals surface area (Å²) in [5, 5.41) is 0. The van der Waals surface area contributed by atoms with Crippen molar-refractivity contribution in [3.05, 3.63) is 11.6 Å². The predicted octanol–water partition coefficient (Wildman–Crippen LogP) is 3.20. The van der Waals surface area contributed by atoms with Gasteiger partial charge >= 0.3 is 0 Å². The summed E-state index contributed by atoms with van der Waals surface area (Å²) in [6, 6.07) is 0. The molecule has 0 unspecified atom stereocenters. The van der Waals surface area contributed by atoms with E-state index in [0.717, 1.165) is 6.29 Å². The van der Waals surface area contributed by atoms with Crippen molar-refractivity contribution in [2.24, 2.45) is 10.8 Å². The lowest BCUT2D eigenvalue weighted by atomic mass is 9.72. The van der Waals surface area contributed by atoms with Crippen LogP contribution in [0.5, 0.6) is 0 Å². The maximum absolute atomic E-state index is 10.4. The second-order valence-electron chi connectivity index (χ2n) is 5.22. The first-order chi connectivity index (χ1) is 5.19. The van der Waals surface area contributed by atoms with Crippen molar-refractivity contribution in [1.82, 2.24) is 0 Å². The molecule has 0 amide bonds. The van der Waals surface area contributed by atoms with Gasteiger partial charge in [-0.25, -0.2) is 0 Å². The topological polar surface area (TPSA) is 17.1 Å². The Bertz CT molecular complexity index is 170. The lowest BCUT2D eigenvalue weighted by molar-refractivity contribution is -0.104.